The summed E-state index contributed by atoms with van der Waals surface area (Å²) in [5, 5.41) is -0.442. The standard InChI is InChI=1S/C14H21ClO4/c1-9(16)19-11(18)14(5)7-12(2,3)6-13(4,8-14)10(15)17/h6-8H2,1-5H3/t13-,14-/m1/s1. The highest BCUT2D eigenvalue weighted by Gasteiger charge is 2.54. The molecule has 4 nitrogen and oxygen atoms in total. The average molecular weight is 289 g/mol. The molecule has 1 rings (SSSR count). The minimum atomic E-state index is -0.868. The van der Waals surface area contributed by atoms with Gasteiger partial charge in [-0.05, 0) is 43.2 Å². The molecule has 0 heterocycles. The van der Waals surface area contributed by atoms with Gasteiger partial charge in [0.25, 0.3) is 0 Å². The van der Waals surface area contributed by atoms with Gasteiger partial charge in [0.05, 0.1) is 5.41 Å². The molecule has 1 saturated carbocycles. The van der Waals surface area contributed by atoms with Gasteiger partial charge in [-0.3, -0.25) is 14.4 Å². The monoisotopic (exact) mass is 288 g/mol. The van der Waals surface area contributed by atoms with Gasteiger partial charge in [0, 0.05) is 12.3 Å². The third-order valence-electron chi connectivity index (χ3n) is 3.72. The fourth-order valence-electron chi connectivity index (χ4n) is 3.70. The molecule has 0 aromatic rings. The molecule has 5 heteroatoms. The van der Waals surface area contributed by atoms with Crippen molar-refractivity contribution in [2.24, 2.45) is 16.2 Å². The van der Waals surface area contributed by atoms with Crippen molar-refractivity contribution < 1.29 is 19.1 Å². The zero-order valence-electron chi connectivity index (χ0n) is 12.1. The van der Waals surface area contributed by atoms with Crippen LogP contribution in [0.3, 0.4) is 0 Å². The van der Waals surface area contributed by atoms with Crippen molar-refractivity contribution >= 4 is 28.8 Å². The molecule has 0 aromatic heterocycles. The number of hydrogen-bond donors (Lipinski definition) is 0. The van der Waals surface area contributed by atoms with Crippen LogP contribution in [0.25, 0.3) is 0 Å². The second-order valence-corrected chi connectivity index (χ2v) is 7.31. The minimum Gasteiger partial charge on any atom is -0.393 e. The predicted octanol–water partition coefficient (Wildman–Crippen LogP) is 3.06. The van der Waals surface area contributed by atoms with Gasteiger partial charge < -0.3 is 4.74 Å². The van der Waals surface area contributed by atoms with E-state index in [1.54, 1.807) is 13.8 Å². The average Bonchev–Trinajstić information content (AvgIpc) is 2.11. The zero-order chi connectivity index (χ0) is 15.1. The number of esters is 2. The number of carbonyl (C=O) groups excluding carboxylic acids is 3. The number of ether oxygens (including phenoxy) is 1. The Bertz CT molecular complexity index is 429. The quantitative estimate of drug-likeness (QED) is 0.445. The van der Waals surface area contributed by atoms with Gasteiger partial charge in [-0.1, -0.05) is 20.8 Å². The molecule has 1 aliphatic carbocycles. The Morgan fingerprint density at radius 1 is 0.947 bits per heavy atom. The van der Waals surface area contributed by atoms with Gasteiger partial charge in [-0.15, -0.1) is 0 Å². The molecule has 0 unspecified atom stereocenters. The molecule has 108 valence electrons. The maximum Gasteiger partial charge on any atom is 0.319 e. The third-order valence-corrected chi connectivity index (χ3v) is 4.18. The molecule has 0 N–H and O–H groups in total. The normalized spacial score (nSPS) is 33.6. The molecule has 0 aliphatic heterocycles. The highest BCUT2D eigenvalue weighted by atomic mass is 35.5. The second-order valence-electron chi connectivity index (χ2n) is 6.97. The van der Waals surface area contributed by atoms with Gasteiger partial charge in [0.15, 0.2) is 0 Å². The first kappa shape index (κ1) is 16.2. The van der Waals surface area contributed by atoms with E-state index in [-0.39, 0.29) is 5.41 Å². The first-order valence-corrected chi connectivity index (χ1v) is 6.71. The van der Waals surface area contributed by atoms with Crippen LogP contribution >= 0.6 is 11.6 Å². The van der Waals surface area contributed by atoms with Crippen LogP contribution in [0.4, 0.5) is 0 Å². The first-order chi connectivity index (χ1) is 8.40. The van der Waals surface area contributed by atoms with Gasteiger partial charge in [-0.2, -0.15) is 0 Å². The molecule has 2 atom stereocenters. The highest BCUT2D eigenvalue weighted by molar-refractivity contribution is 6.64. The van der Waals surface area contributed by atoms with E-state index in [4.69, 9.17) is 16.3 Å². The summed E-state index contributed by atoms with van der Waals surface area (Å²) in [5.74, 6) is -1.20. The molecule has 19 heavy (non-hydrogen) atoms. The Hall–Kier alpha value is -0.900. The summed E-state index contributed by atoms with van der Waals surface area (Å²) < 4.78 is 4.73. The lowest BCUT2D eigenvalue weighted by Gasteiger charge is -2.48. The fraction of sp³-hybridized carbons (Fsp3) is 0.786. The summed E-state index contributed by atoms with van der Waals surface area (Å²) in [6.07, 6.45) is 1.48. The van der Waals surface area contributed by atoms with E-state index >= 15 is 0 Å². The van der Waals surface area contributed by atoms with E-state index in [0.29, 0.717) is 19.3 Å². The zero-order valence-corrected chi connectivity index (χ0v) is 12.9. The minimum absolute atomic E-state index is 0.220. The number of hydrogen-bond acceptors (Lipinski definition) is 4. The molecule has 0 bridgehead atoms. The number of halogens is 1. The summed E-state index contributed by atoms with van der Waals surface area (Å²) in [4.78, 5) is 34.8. The smallest absolute Gasteiger partial charge is 0.319 e. The van der Waals surface area contributed by atoms with E-state index in [1.165, 1.54) is 6.92 Å². The lowest BCUT2D eigenvalue weighted by atomic mass is 9.55. The van der Waals surface area contributed by atoms with E-state index in [9.17, 15) is 14.4 Å². The Balaban J connectivity index is 3.10. The Labute approximate surface area is 118 Å². The van der Waals surface area contributed by atoms with Gasteiger partial charge in [0.1, 0.15) is 0 Å². The van der Waals surface area contributed by atoms with Crippen LogP contribution in [-0.2, 0) is 19.1 Å². The van der Waals surface area contributed by atoms with Gasteiger partial charge >= 0.3 is 11.9 Å². The van der Waals surface area contributed by atoms with Crippen molar-refractivity contribution in [3.05, 3.63) is 0 Å². The van der Waals surface area contributed by atoms with Crippen molar-refractivity contribution in [2.45, 2.75) is 53.9 Å². The summed E-state index contributed by atoms with van der Waals surface area (Å²) in [5.41, 5.74) is -1.86. The highest BCUT2D eigenvalue weighted by Crippen LogP contribution is 2.55. The third kappa shape index (κ3) is 3.56. The Kier molecular flexibility index (Phi) is 4.16. The maximum atomic E-state index is 12.1. The molecular formula is C14H21ClO4. The van der Waals surface area contributed by atoms with Crippen molar-refractivity contribution in [1.29, 1.82) is 0 Å². The van der Waals surface area contributed by atoms with E-state index in [2.05, 4.69) is 0 Å². The first-order valence-electron chi connectivity index (χ1n) is 6.33. The van der Waals surface area contributed by atoms with Crippen LogP contribution < -0.4 is 0 Å². The van der Waals surface area contributed by atoms with Crippen LogP contribution in [0.2, 0.25) is 0 Å². The molecule has 0 spiro atoms. The molecule has 0 aromatic carbocycles. The maximum absolute atomic E-state index is 12.1. The van der Waals surface area contributed by atoms with Gasteiger partial charge in [0.2, 0.25) is 5.24 Å². The topological polar surface area (TPSA) is 60.4 Å². The van der Waals surface area contributed by atoms with E-state index in [1.807, 2.05) is 13.8 Å². The molecule has 0 amide bonds. The molecule has 1 fully saturated rings. The van der Waals surface area contributed by atoms with Crippen molar-refractivity contribution in [2.75, 3.05) is 0 Å². The van der Waals surface area contributed by atoms with Crippen molar-refractivity contribution in [3.63, 3.8) is 0 Å². The Morgan fingerprint density at radius 3 is 1.84 bits per heavy atom. The summed E-state index contributed by atoms with van der Waals surface area (Å²) in [6.45, 7) is 8.67. The number of rotatable bonds is 2. The second kappa shape index (κ2) is 4.89. The summed E-state index contributed by atoms with van der Waals surface area (Å²) in [6, 6.07) is 0. The number of carbonyl (C=O) groups is 3. The molecule has 0 saturated heterocycles. The molecular weight excluding hydrogens is 268 g/mol. The lowest BCUT2D eigenvalue weighted by molar-refractivity contribution is -0.171. The predicted molar refractivity (Wildman–Crippen MR) is 71.5 cm³/mol. The summed E-state index contributed by atoms with van der Waals surface area (Å²) in [7, 11) is 0. The van der Waals surface area contributed by atoms with Crippen LogP contribution in [0.15, 0.2) is 0 Å². The van der Waals surface area contributed by atoms with E-state index < -0.39 is 28.0 Å². The lowest BCUT2D eigenvalue weighted by Crippen LogP contribution is -2.48. The molecule has 0 radical (unpaired) electrons. The molecule has 1 aliphatic rings. The van der Waals surface area contributed by atoms with Crippen LogP contribution in [0.1, 0.15) is 53.9 Å². The van der Waals surface area contributed by atoms with Crippen molar-refractivity contribution in [3.8, 4) is 0 Å². The van der Waals surface area contributed by atoms with Crippen LogP contribution in [0, 0.1) is 16.2 Å². The van der Waals surface area contributed by atoms with Gasteiger partial charge in [-0.25, -0.2) is 0 Å². The SMILES string of the molecule is CC(=O)OC(=O)[C@]1(C)CC(C)(C)C[C@@](C)(C(=O)Cl)C1. The Morgan fingerprint density at radius 2 is 1.42 bits per heavy atom. The van der Waals surface area contributed by atoms with E-state index in [0.717, 1.165) is 0 Å². The summed E-state index contributed by atoms with van der Waals surface area (Å²) >= 11 is 5.70. The largest absolute Gasteiger partial charge is 0.393 e. The fourth-order valence-corrected chi connectivity index (χ4v) is 3.83. The van der Waals surface area contributed by atoms with Crippen LogP contribution in [-0.4, -0.2) is 17.2 Å². The van der Waals surface area contributed by atoms with Crippen molar-refractivity contribution in [1.82, 2.24) is 0 Å². The van der Waals surface area contributed by atoms with Crippen LogP contribution in [0.5, 0.6) is 0 Å².